The Kier molecular flexibility index (Phi) is 5.20. The van der Waals surface area contributed by atoms with E-state index in [-0.39, 0.29) is 5.41 Å². The molecular formula is C15H28N4. The van der Waals surface area contributed by atoms with Crippen LogP contribution >= 0.6 is 0 Å². The highest BCUT2D eigenvalue weighted by atomic mass is 15.3. The first-order chi connectivity index (χ1) is 9.11. The molecule has 0 aromatic rings. The first kappa shape index (κ1) is 14.8. The number of unbranched alkanes of at least 4 members (excludes halogenated alkanes) is 1. The van der Waals surface area contributed by atoms with Crippen LogP contribution < -0.4 is 5.32 Å². The monoisotopic (exact) mass is 264 g/mol. The third kappa shape index (κ3) is 4.45. The van der Waals surface area contributed by atoms with Gasteiger partial charge >= 0.3 is 0 Å². The Morgan fingerprint density at radius 1 is 1.21 bits per heavy atom. The molecule has 0 unspecified atom stereocenters. The summed E-state index contributed by atoms with van der Waals surface area (Å²) in [6, 6.07) is 3.18. The molecule has 0 saturated carbocycles. The van der Waals surface area contributed by atoms with Gasteiger partial charge in [-0.3, -0.25) is 4.90 Å². The van der Waals surface area contributed by atoms with Crippen molar-refractivity contribution in [3.8, 4) is 6.07 Å². The van der Waals surface area contributed by atoms with E-state index in [2.05, 4.69) is 21.2 Å². The van der Waals surface area contributed by atoms with Gasteiger partial charge in [0.2, 0.25) is 0 Å². The highest BCUT2D eigenvalue weighted by molar-refractivity contribution is 4.92. The fourth-order valence-corrected chi connectivity index (χ4v) is 2.96. The van der Waals surface area contributed by atoms with Crippen LogP contribution in [0.3, 0.4) is 0 Å². The Hall–Kier alpha value is -0.630. The normalized spacial score (nSPS) is 23.0. The van der Waals surface area contributed by atoms with Crippen molar-refractivity contribution in [2.45, 2.75) is 39.2 Å². The number of nitrogens with one attached hydrogen (secondary N) is 1. The van der Waals surface area contributed by atoms with E-state index >= 15 is 0 Å². The van der Waals surface area contributed by atoms with Crippen LogP contribution in [0.4, 0.5) is 0 Å². The number of rotatable bonds is 6. The van der Waals surface area contributed by atoms with Crippen LogP contribution in [-0.2, 0) is 0 Å². The molecule has 4 nitrogen and oxygen atoms in total. The molecule has 0 spiro atoms. The van der Waals surface area contributed by atoms with Crippen LogP contribution in [-0.4, -0.2) is 61.7 Å². The van der Waals surface area contributed by atoms with Crippen molar-refractivity contribution in [1.82, 2.24) is 15.1 Å². The molecule has 2 rings (SSSR count). The molecule has 0 bridgehead atoms. The zero-order valence-electron chi connectivity index (χ0n) is 12.5. The number of nitriles is 1. The largest absolute Gasteiger partial charge is 0.314 e. The topological polar surface area (TPSA) is 42.3 Å². The second-order valence-electron chi connectivity index (χ2n) is 6.65. The number of hydrogen-bond donors (Lipinski definition) is 1. The zero-order chi connectivity index (χ0) is 13.7. The quantitative estimate of drug-likeness (QED) is 0.734. The minimum Gasteiger partial charge on any atom is -0.314 e. The summed E-state index contributed by atoms with van der Waals surface area (Å²) in [7, 11) is 0. The van der Waals surface area contributed by atoms with E-state index in [1.54, 1.807) is 0 Å². The van der Waals surface area contributed by atoms with Crippen molar-refractivity contribution in [2.24, 2.45) is 5.41 Å². The number of hydrogen-bond acceptors (Lipinski definition) is 4. The standard InChI is InChI=1S/C15H28N4/c1-15(2,13-16)5-3-4-8-18-11-14(12-18)19-9-6-17-7-10-19/h14,17H,3-12H2,1-2H3. The minimum atomic E-state index is -0.141. The third-order valence-corrected chi connectivity index (χ3v) is 4.43. The minimum absolute atomic E-state index is 0.141. The number of likely N-dealkylation sites (tertiary alicyclic amines) is 1. The van der Waals surface area contributed by atoms with Crippen LogP contribution in [0.2, 0.25) is 0 Å². The van der Waals surface area contributed by atoms with E-state index in [0.29, 0.717) is 0 Å². The summed E-state index contributed by atoms with van der Waals surface area (Å²) in [5, 5.41) is 12.4. The molecule has 0 aliphatic carbocycles. The molecule has 2 fully saturated rings. The first-order valence-corrected chi connectivity index (χ1v) is 7.69. The van der Waals surface area contributed by atoms with Gasteiger partial charge in [0.15, 0.2) is 0 Å². The maximum Gasteiger partial charge on any atom is 0.0683 e. The van der Waals surface area contributed by atoms with Crippen LogP contribution in [0.25, 0.3) is 0 Å². The van der Waals surface area contributed by atoms with E-state index in [0.717, 1.165) is 25.6 Å². The average molecular weight is 264 g/mol. The summed E-state index contributed by atoms with van der Waals surface area (Å²) < 4.78 is 0. The lowest BCUT2D eigenvalue weighted by Crippen LogP contribution is -2.62. The van der Waals surface area contributed by atoms with Crippen molar-refractivity contribution in [1.29, 1.82) is 5.26 Å². The molecule has 2 saturated heterocycles. The molecule has 0 aromatic carbocycles. The lowest BCUT2D eigenvalue weighted by molar-refractivity contribution is 0.0262. The molecule has 108 valence electrons. The maximum absolute atomic E-state index is 8.97. The zero-order valence-corrected chi connectivity index (χ0v) is 12.5. The summed E-state index contributed by atoms with van der Waals surface area (Å²) in [4.78, 5) is 5.19. The average Bonchev–Trinajstić information content (AvgIpc) is 2.37. The summed E-state index contributed by atoms with van der Waals surface area (Å²) >= 11 is 0. The van der Waals surface area contributed by atoms with Gasteiger partial charge < -0.3 is 10.2 Å². The van der Waals surface area contributed by atoms with Gasteiger partial charge in [-0.25, -0.2) is 0 Å². The molecule has 4 heteroatoms. The van der Waals surface area contributed by atoms with Crippen molar-refractivity contribution in [3.63, 3.8) is 0 Å². The van der Waals surface area contributed by atoms with Crippen LogP contribution in [0.5, 0.6) is 0 Å². The second kappa shape index (κ2) is 6.69. The summed E-state index contributed by atoms with van der Waals surface area (Å²) in [5.41, 5.74) is -0.141. The molecule has 2 aliphatic heterocycles. The van der Waals surface area contributed by atoms with Gasteiger partial charge in [-0.1, -0.05) is 6.42 Å². The molecule has 0 amide bonds. The fraction of sp³-hybridized carbons (Fsp3) is 0.933. The van der Waals surface area contributed by atoms with Crippen LogP contribution in [0, 0.1) is 16.7 Å². The Labute approximate surface area is 117 Å². The van der Waals surface area contributed by atoms with Gasteiger partial charge in [0.1, 0.15) is 0 Å². The van der Waals surface area contributed by atoms with Crippen molar-refractivity contribution >= 4 is 0 Å². The van der Waals surface area contributed by atoms with E-state index in [4.69, 9.17) is 5.26 Å². The lowest BCUT2D eigenvalue weighted by Gasteiger charge is -2.47. The first-order valence-electron chi connectivity index (χ1n) is 7.69. The van der Waals surface area contributed by atoms with Crippen molar-refractivity contribution < 1.29 is 0 Å². The van der Waals surface area contributed by atoms with E-state index < -0.39 is 0 Å². The predicted molar refractivity (Wildman–Crippen MR) is 77.9 cm³/mol. The van der Waals surface area contributed by atoms with E-state index in [9.17, 15) is 0 Å². The van der Waals surface area contributed by atoms with E-state index in [1.165, 1.54) is 45.6 Å². The summed E-state index contributed by atoms with van der Waals surface area (Å²) in [6.45, 7) is 12.5. The molecule has 2 heterocycles. The van der Waals surface area contributed by atoms with Crippen LogP contribution in [0.15, 0.2) is 0 Å². The van der Waals surface area contributed by atoms with Gasteiger partial charge in [0, 0.05) is 45.3 Å². The number of nitrogens with zero attached hydrogens (tertiary/aromatic N) is 3. The molecule has 1 N–H and O–H groups in total. The Bertz CT molecular complexity index is 309. The highest BCUT2D eigenvalue weighted by Gasteiger charge is 2.31. The van der Waals surface area contributed by atoms with Gasteiger partial charge in [-0.2, -0.15) is 5.26 Å². The Morgan fingerprint density at radius 2 is 1.89 bits per heavy atom. The van der Waals surface area contributed by atoms with Crippen LogP contribution in [0.1, 0.15) is 33.1 Å². The highest BCUT2D eigenvalue weighted by Crippen LogP contribution is 2.22. The molecular weight excluding hydrogens is 236 g/mol. The molecule has 0 radical (unpaired) electrons. The Morgan fingerprint density at radius 3 is 2.53 bits per heavy atom. The van der Waals surface area contributed by atoms with Gasteiger partial charge in [0.05, 0.1) is 11.5 Å². The van der Waals surface area contributed by atoms with Crippen molar-refractivity contribution in [3.05, 3.63) is 0 Å². The summed E-state index contributed by atoms with van der Waals surface area (Å²) in [6.07, 6.45) is 3.44. The molecule has 19 heavy (non-hydrogen) atoms. The molecule has 0 aromatic heterocycles. The number of piperazine rings is 1. The molecule has 2 aliphatic rings. The van der Waals surface area contributed by atoms with Crippen molar-refractivity contribution in [2.75, 3.05) is 45.8 Å². The predicted octanol–water partition coefficient (Wildman–Crippen LogP) is 1.30. The Balaban J connectivity index is 1.52. The second-order valence-corrected chi connectivity index (χ2v) is 6.65. The van der Waals surface area contributed by atoms with Gasteiger partial charge in [-0.15, -0.1) is 0 Å². The fourth-order valence-electron chi connectivity index (χ4n) is 2.96. The van der Waals surface area contributed by atoms with Gasteiger partial charge in [0.25, 0.3) is 0 Å². The summed E-state index contributed by atoms with van der Waals surface area (Å²) in [5.74, 6) is 0. The smallest absolute Gasteiger partial charge is 0.0683 e. The molecule has 0 atom stereocenters. The third-order valence-electron chi connectivity index (χ3n) is 4.43. The SMILES string of the molecule is CC(C)(C#N)CCCCN1CC(N2CCNCC2)C1. The maximum atomic E-state index is 8.97. The lowest BCUT2D eigenvalue weighted by atomic mass is 9.89. The van der Waals surface area contributed by atoms with E-state index in [1.807, 2.05) is 13.8 Å². The van der Waals surface area contributed by atoms with Gasteiger partial charge in [-0.05, 0) is 33.2 Å².